The van der Waals surface area contributed by atoms with Crippen LogP contribution in [0.3, 0.4) is 0 Å². The Morgan fingerprint density at radius 3 is 2.77 bits per heavy atom. The molecule has 0 spiro atoms. The molecule has 0 saturated heterocycles. The fraction of sp³-hybridized carbons (Fsp3) is 0.556. The highest BCUT2D eigenvalue weighted by molar-refractivity contribution is 5.61. The largest absolute Gasteiger partial charge is 0.382 e. The lowest BCUT2D eigenvalue weighted by molar-refractivity contribution is -0.122. The molecule has 1 N–H and O–H groups in total. The highest BCUT2D eigenvalue weighted by Gasteiger charge is 2.21. The molecular weight excluding hydrogens is 168 g/mol. The Morgan fingerprint density at radius 2 is 2.38 bits per heavy atom. The standard InChI is InChI=1S/C9H14N2O2/c1-7-4-8(11(3)10-7)5-9(2,13)6-12/h4,6,13H,5H2,1-3H3. The van der Waals surface area contributed by atoms with Crippen LogP contribution in [0, 0.1) is 6.92 Å². The number of aromatic nitrogens is 2. The van der Waals surface area contributed by atoms with Crippen molar-refractivity contribution in [1.82, 2.24) is 9.78 Å². The van der Waals surface area contributed by atoms with Gasteiger partial charge in [-0.25, -0.2) is 0 Å². The van der Waals surface area contributed by atoms with E-state index in [4.69, 9.17) is 0 Å². The molecule has 1 atom stereocenters. The van der Waals surface area contributed by atoms with Gasteiger partial charge in [0.1, 0.15) is 5.60 Å². The van der Waals surface area contributed by atoms with E-state index in [1.807, 2.05) is 13.0 Å². The van der Waals surface area contributed by atoms with E-state index in [9.17, 15) is 9.90 Å². The molecular formula is C9H14N2O2. The van der Waals surface area contributed by atoms with Crippen molar-refractivity contribution in [2.75, 3.05) is 0 Å². The molecule has 0 aromatic carbocycles. The van der Waals surface area contributed by atoms with Gasteiger partial charge in [0.25, 0.3) is 0 Å². The molecule has 0 bridgehead atoms. The van der Waals surface area contributed by atoms with E-state index in [-0.39, 0.29) is 0 Å². The third-order valence-corrected chi connectivity index (χ3v) is 1.89. The van der Waals surface area contributed by atoms with Crippen molar-refractivity contribution in [3.05, 3.63) is 17.5 Å². The van der Waals surface area contributed by atoms with Crippen molar-refractivity contribution in [2.24, 2.45) is 7.05 Å². The van der Waals surface area contributed by atoms with Crippen molar-refractivity contribution in [2.45, 2.75) is 25.9 Å². The van der Waals surface area contributed by atoms with Crippen molar-refractivity contribution in [1.29, 1.82) is 0 Å². The van der Waals surface area contributed by atoms with Crippen LogP contribution in [-0.4, -0.2) is 26.8 Å². The van der Waals surface area contributed by atoms with Gasteiger partial charge in [0, 0.05) is 19.2 Å². The molecule has 13 heavy (non-hydrogen) atoms. The van der Waals surface area contributed by atoms with Gasteiger partial charge in [0.05, 0.1) is 5.69 Å². The second-order valence-electron chi connectivity index (χ2n) is 3.55. The maximum absolute atomic E-state index is 10.5. The number of aliphatic hydroxyl groups is 1. The highest BCUT2D eigenvalue weighted by Crippen LogP contribution is 2.11. The summed E-state index contributed by atoms with van der Waals surface area (Å²) in [5.41, 5.74) is 0.453. The fourth-order valence-corrected chi connectivity index (χ4v) is 1.24. The molecule has 1 unspecified atom stereocenters. The second-order valence-corrected chi connectivity index (χ2v) is 3.55. The maximum Gasteiger partial charge on any atom is 0.151 e. The molecule has 1 heterocycles. The Bertz CT molecular complexity index is 315. The summed E-state index contributed by atoms with van der Waals surface area (Å²) in [6.45, 7) is 3.36. The molecule has 4 nitrogen and oxygen atoms in total. The Morgan fingerprint density at radius 1 is 1.77 bits per heavy atom. The van der Waals surface area contributed by atoms with Crippen molar-refractivity contribution < 1.29 is 9.90 Å². The topological polar surface area (TPSA) is 55.1 Å². The molecule has 0 aliphatic rings. The lowest BCUT2D eigenvalue weighted by Crippen LogP contribution is -2.29. The zero-order valence-corrected chi connectivity index (χ0v) is 8.11. The first-order valence-electron chi connectivity index (χ1n) is 4.13. The Hall–Kier alpha value is -1.16. The number of carbonyl (C=O) groups is 1. The maximum atomic E-state index is 10.5. The predicted octanol–water partition coefficient (Wildman–Crippen LogP) is 0.221. The van der Waals surface area contributed by atoms with Gasteiger partial charge in [-0.15, -0.1) is 0 Å². The van der Waals surface area contributed by atoms with Crippen LogP contribution in [0.1, 0.15) is 18.3 Å². The van der Waals surface area contributed by atoms with Gasteiger partial charge < -0.3 is 9.90 Å². The summed E-state index contributed by atoms with van der Waals surface area (Å²) in [6.07, 6.45) is 0.850. The van der Waals surface area contributed by atoms with Gasteiger partial charge in [-0.05, 0) is 19.9 Å². The molecule has 1 aromatic rings. The van der Waals surface area contributed by atoms with E-state index in [1.54, 1.807) is 11.7 Å². The van der Waals surface area contributed by atoms with E-state index in [0.29, 0.717) is 12.7 Å². The summed E-state index contributed by atoms with van der Waals surface area (Å²) in [5, 5.41) is 13.6. The molecule has 0 aliphatic heterocycles. The van der Waals surface area contributed by atoms with Gasteiger partial charge in [0.15, 0.2) is 6.29 Å². The molecule has 72 valence electrons. The average molecular weight is 182 g/mol. The molecule has 1 rings (SSSR count). The van der Waals surface area contributed by atoms with E-state index >= 15 is 0 Å². The zero-order chi connectivity index (χ0) is 10.1. The minimum atomic E-state index is -1.29. The summed E-state index contributed by atoms with van der Waals surface area (Å²) in [5.74, 6) is 0. The van der Waals surface area contributed by atoms with E-state index < -0.39 is 5.60 Å². The third kappa shape index (κ3) is 2.39. The van der Waals surface area contributed by atoms with Crippen molar-refractivity contribution in [3.8, 4) is 0 Å². The van der Waals surface area contributed by atoms with Gasteiger partial charge in [0.2, 0.25) is 0 Å². The first-order chi connectivity index (χ1) is 5.94. The zero-order valence-electron chi connectivity index (χ0n) is 8.11. The number of rotatable bonds is 3. The Kier molecular flexibility index (Phi) is 2.52. The first-order valence-corrected chi connectivity index (χ1v) is 4.13. The van der Waals surface area contributed by atoms with E-state index in [1.165, 1.54) is 6.92 Å². The molecule has 4 heteroatoms. The normalized spacial score (nSPS) is 15.4. The van der Waals surface area contributed by atoms with Crippen LogP contribution in [0.5, 0.6) is 0 Å². The van der Waals surface area contributed by atoms with Gasteiger partial charge in [-0.1, -0.05) is 0 Å². The lowest BCUT2D eigenvalue weighted by Gasteiger charge is -2.14. The number of nitrogens with zero attached hydrogens (tertiary/aromatic N) is 2. The molecule has 0 saturated carbocycles. The summed E-state index contributed by atoms with van der Waals surface area (Å²) < 4.78 is 1.67. The number of aryl methyl sites for hydroxylation is 2. The smallest absolute Gasteiger partial charge is 0.151 e. The second kappa shape index (κ2) is 3.30. The molecule has 1 aromatic heterocycles. The van der Waals surface area contributed by atoms with Crippen LogP contribution in [0.15, 0.2) is 6.07 Å². The number of carbonyl (C=O) groups excluding carboxylic acids is 1. The highest BCUT2D eigenvalue weighted by atomic mass is 16.3. The van der Waals surface area contributed by atoms with Crippen LogP contribution < -0.4 is 0 Å². The van der Waals surface area contributed by atoms with Crippen LogP contribution in [0.2, 0.25) is 0 Å². The Labute approximate surface area is 77.2 Å². The molecule has 0 amide bonds. The van der Waals surface area contributed by atoms with Crippen molar-refractivity contribution >= 4 is 6.29 Å². The van der Waals surface area contributed by atoms with Crippen LogP contribution in [0.25, 0.3) is 0 Å². The van der Waals surface area contributed by atoms with Gasteiger partial charge in [-0.2, -0.15) is 5.10 Å². The summed E-state index contributed by atoms with van der Waals surface area (Å²) in [6, 6.07) is 1.86. The number of hydrogen-bond acceptors (Lipinski definition) is 3. The predicted molar refractivity (Wildman–Crippen MR) is 48.3 cm³/mol. The molecule has 0 radical (unpaired) electrons. The molecule has 0 fully saturated rings. The summed E-state index contributed by atoms with van der Waals surface area (Å²) >= 11 is 0. The van der Waals surface area contributed by atoms with E-state index in [0.717, 1.165) is 11.4 Å². The van der Waals surface area contributed by atoms with Crippen LogP contribution in [-0.2, 0) is 18.3 Å². The van der Waals surface area contributed by atoms with Crippen LogP contribution in [0.4, 0.5) is 0 Å². The van der Waals surface area contributed by atoms with Gasteiger partial charge >= 0.3 is 0 Å². The van der Waals surface area contributed by atoms with Crippen molar-refractivity contribution in [3.63, 3.8) is 0 Å². The minimum absolute atomic E-state index is 0.299. The lowest BCUT2D eigenvalue weighted by atomic mass is 10.0. The minimum Gasteiger partial charge on any atom is -0.382 e. The van der Waals surface area contributed by atoms with Crippen LogP contribution >= 0.6 is 0 Å². The summed E-state index contributed by atoms with van der Waals surface area (Å²) in [7, 11) is 1.79. The quantitative estimate of drug-likeness (QED) is 0.680. The molecule has 0 aliphatic carbocycles. The monoisotopic (exact) mass is 182 g/mol. The first kappa shape index (κ1) is 9.92. The fourth-order valence-electron chi connectivity index (χ4n) is 1.24. The number of aldehydes is 1. The van der Waals surface area contributed by atoms with E-state index in [2.05, 4.69) is 5.10 Å². The summed E-state index contributed by atoms with van der Waals surface area (Å²) in [4.78, 5) is 10.5. The SMILES string of the molecule is Cc1cc(CC(C)(O)C=O)n(C)n1. The van der Waals surface area contributed by atoms with Gasteiger partial charge in [-0.3, -0.25) is 4.68 Å². The average Bonchev–Trinajstić information content (AvgIpc) is 2.30. The Balaban J connectivity index is 2.85. The number of hydrogen-bond donors (Lipinski definition) is 1. The third-order valence-electron chi connectivity index (χ3n) is 1.89.